The molecule has 1 aromatic heterocycles. The van der Waals surface area contributed by atoms with Crippen molar-refractivity contribution in [2.45, 2.75) is 0 Å². The van der Waals surface area contributed by atoms with E-state index >= 15 is 0 Å². The lowest BCUT2D eigenvalue weighted by Crippen LogP contribution is -2.05. The summed E-state index contributed by atoms with van der Waals surface area (Å²) in [6, 6.07) is 9.10. The first-order chi connectivity index (χ1) is 10.7. The Bertz CT molecular complexity index is 782. The standard InChI is InChI=1S/C16H11BrN2O3/c1-21-13-4-2-10(3-5-13)6-14-16(20)22-15(19-14)11-7-12(17)9-18-8-11/h2-9H,1H3. The highest BCUT2D eigenvalue weighted by Crippen LogP contribution is 2.21. The van der Waals surface area contributed by atoms with Gasteiger partial charge in [0.1, 0.15) is 5.75 Å². The van der Waals surface area contributed by atoms with Gasteiger partial charge in [0.2, 0.25) is 5.90 Å². The number of benzene rings is 1. The van der Waals surface area contributed by atoms with Crippen LogP contribution in [0.25, 0.3) is 6.08 Å². The number of halogens is 1. The molecule has 2 aromatic rings. The lowest BCUT2D eigenvalue weighted by molar-refractivity contribution is -0.129. The Morgan fingerprint density at radius 2 is 2.00 bits per heavy atom. The first-order valence-electron chi connectivity index (χ1n) is 6.43. The third-order valence-electron chi connectivity index (χ3n) is 2.99. The van der Waals surface area contributed by atoms with E-state index in [0.29, 0.717) is 5.56 Å². The van der Waals surface area contributed by atoms with Crippen LogP contribution in [0.15, 0.2) is 57.9 Å². The molecule has 0 spiro atoms. The molecule has 110 valence electrons. The van der Waals surface area contributed by atoms with E-state index in [1.54, 1.807) is 31.6 Å². The molecule has 0 amide bonds. The number of cyclic esters (lactones) is 1. The highest BCUT2D eigenvalue weighted by molar-refractivity contribution is 9.10. The van der Waals surface area contributed by atoms with E-state index in [0.717, 1.165) is 15.8 Å². The van der Waals surface area contributed by atoms with E-state index in [-0.39, 0.29) is 11.6 Å². The van der Waals surface area contributed by atoms with Crippen LogP contribution >= 0.6 is 15.9 Å². The Morgan fingerprint density at radius 1 is 1.23 bits per heavy atom. The zero-order chi connectivity index (χ0) is 15.5. The number of carbonyl (C=O) groups excluding carboxylic acids is 1. The number of aromatic nitrogens is 1. The minimum atomic E-state index is -0.481. The molecule has 0 saturated carbocycles. The minimum Gasteiger partial charge on any atom is -0.497 e. The SMILES string of the molecule is COc1ccc(C=C2N=C(c3cncc(Br)c3)OC2=O)cc1. The van der Waals surface area contributed by atoms with E-state index in [2.05, 4.69) is 25.9 Å². The zero-order valence-corrected chi connectivity index (χ0v) is 13.2. The van der Waals surface area contributed by atoms with Crippen LogP contribution < -0.4 is 4.74 Å². The second-order valence-corrected chi connectivity index (χ2v) is 5.42. The normalized spacial score (nSPS) is 15.6. The van der Waals surface area contributed by atoms with E-state index in [4.69, 9.17) is 9.47 Å². The molecule has 22 heavy (non-hydrogen) atoms. The summed E-state index contributed by atoms with van der Waals surface area (Å²) in [6.45, 7) is 0. The number of hydrogen-bond acceptors (Lipinski definition) is 5. The average molecular weight is 359 g/mol. The lowest BCUT2D eigenvalue weighted by atomic mass is 10.2. The minimum absolute atomic E-state index is 0.249. The number of rotatable bonds is 3. The van der Waals surface area contributed by atoms with Crippen molar-refractivity contribution in [3.8, 4) is 5.75 Å². The van der Waals surface area contributed by atoms with Gasteiger partial charge in [-0.1, -0.05) is 12.1 Å². The number of ether oxygens (including phenoxy) is 2. The molecule has 1 aliphatic heterocycles. The molecule has 0 aliphatic carbocycles. The Balaban J connectivity index is 1.90. The monoisotopic (exact) mass is 358 g/mol. The Morgan fingerprint density at radius 3 is 2.68 bits per heavy atom. The molecule has 6 heteroatoms. The molecule has 1 aromatic carbocycles. The maximum absolute atomic E-state index is 11.9. The fourth-order valence-electron chi connectivity index (χ4n) is 1.92. The summed E-state index contributed by atoms with van der Waals surface area (Å²) in [5, 5.41) is 0. The molecule has 0 unspecified atom stereocenters. The summed E-state index contributed by atoms with van der Waals surface area (Å²) in [4.78, 5) is 20.2. The summed E-state index contributed by atoms with van der Waals surface area (Å²) < 4.78 is 11.1. The summed E-state index contributed by atoms with van der Waals surface area (Å²) in [6.07, 6.45) is 4.91. The summed E-state index contributed by atoms with van der Waals surface area (Å²) in [5.41, 5.74) is 1.73. The van der Waals surface area contributed by atoms with Gasteiger partial charge in [0, 0.05) is 16.9 Å². The number of nitrogens with zero attached hydrogens (tertiary/aromatic N) is 2. The first kappa shape index (κ1) is 14.5. The van der Waals surface area contributed by atoms with Gasteiger partial charge in [0.05, 0.1) is 12.7 Å². The average Bonchev–Trinajstić information content (AvgIpc) is 2.89. The van der Waals surface area contributed by atoms with Crippen molar-refractivity contribution in [2.75, 3.05) is 7.11 Å². The third-order valence-corrected chi connectivity index (χ3v) is 3.43. The smallest absolute Gasteiger partial charge is 0.363 e. The highest BCUT2D eigenvalue weighted by Gasteiger charge is 2.24. The molecule has 0 saturated heterocycles. The molecular weight excluding hydrogens is 348 g/mol. The molecule has 3 rings (SSSR count). The second kappa shape index (κ2) is 6.11. The largest absolute Gasteiger partial charge is 0.497 e. The van der Waals surface area contributed by atoms with Gasteiger partial charge in [-0.15, -0.1) is 0 Å². The molecular formula is C16H11BrN2O3. The molecule has 0 atom stereocenters. The van der Waals surface area contributed by atoms with E-state index in [1.807, 2.05) is 24.3 Å². The molecule has 0 bridgehead atoms. The van der Waals surface area contributed by atoms with E-state index in [9.17, 15) is 4.79 Å². The summed E-state index contributed by atoms with van der Waals surface area (Å²) in [7, 11) is 1.60. The Labute approximate surface area is 135 Å². The number of hydrogen-bond donors (Lipinski definition) is 0. The van der Waals surface area contributed by atoms with E-state index in [1.165, 1.54) is 0 Å². The predicted molar refractivity (Wildman–Crippen MR) is 85.5 cm³/mol. The van der Waals surface area contributed by atoms with Crippen LogP contribution in [0.1, 0.15) is 11.1 Å². The lowest BCUT2D eigenvalue weighted by Gasteiger charge is -1.99. The van der Waals surface area contributed by atoms with Gasteiger partial charge in [-0.25, -0.2) is 9.79 Å². The number of esters is 1. The van der Waals surface area contributed by atoms with E-state index < -0.39 is 5.97 Å². The van der Waals surface area contributed by atoms with Crippen LogP contribution in [0.5, 0.6) is 5.75 Å². The topological polar surface area (TPSA) is 60.8 Å². The van der Waals surface area contributed by atoms with Crippen molar-refractivity contribution in [1.29, 1.82) is 0 Å². The molecule has 0 radical (unpaired) electrons. The van der Waals surface area contributed by atoms with Crippen molar-refractivity contribution in [3.63, 3.8) is 0 Å². The van der Waals surface area contributed by atoms with Gasteiger partial charge in [-0.2, -0.15) is 0 Å². The van der Waals surface area contributed by atoms with Crippen LogP contribution in [0, 0.1) is 0 Å². The second-order valence-electron chi connectivity index (χ2n) is 4.50. The van der Waals surface area contributed by atoms with Crippen LogP contribution in [-0.4, -0.2) is 24.0 Å². The fraction of sp³-hybridized carbons (Fsp3) is 0.0625. The Hall–Kier alpha value is -2.47. The van der Waals surface area contributed by atoms with Gasteiger partial charge in [-0.05, 0) is 45.8 Å². The van der Waals surface area contributed by atoms with Gasteiger partial charge < -0.3 is 9.47 Å². The number of pyridine rings is 1. The van der Waals surface area contributed by atoms with Crippen molar-refractivity contribution in [1.82, 2.24) is 4.98 Å². The third kappa shape index (κ3) is 3.07. The zero-order valence-electron chi connectivity index (χ0n) is 11.6. The quantitative estimate of drug-likeness (QED) is 0.624. The summed E-state index contributed by atoms with van der Waals surface area (Å²) in [5.74, 6) is 0.518. The highest BCUT2D eigenvalue weighted by atomic mass is 79.9. The molecule has 1 aliphatic rings. The van der Waals surface area contributed by atoms with Gasteiger partial charge in [0.25, 0.3) is 0 Å². The number of methoxy groups -OCH3 is 1. The van der Waals surface area contributed by atoms with Crippen LogP contribution in [0.2, 0.25) is 0 Å². The molecule has 5 nitrogen and oxygen atoms in total. The number of aliphatic imine (C=N–C) groups is 1. The number of carbonyl (C=O) groups is 1. The van der Waals surface area contributed by atoms with Gasteiger partial charge >= 0.3 is 5.97 Å². The molecule has 0 N–H and O–H groups in total. The maximum atomic E-state index is 11.9. The predicted octanol–water partition coefficient (Wildman–Crippen LogP) is 3.20. The van der Waals surface area contributed by atoms with Crippen molar-refractivity contribution in [2.24, 2.45) is 4.99 Å². The molecule has 2 heterocycles. The van der Waals surface area contributed by atoms with Crippen molar-refractivity contribution < 1.29 is 14.3 Å². The fourth-order valence-corrected chi connectivity index (χ4v) is 2.28. The van der Waals surface area contributed by atoms with Crippen LogP contribution in [0.4, 0.5) is 0 Å². The van der Waals surface area contributed by atoms with Crippen molar-refractivity contribution >= 4 is 33.9 Å². The summed E-state index contributed by atoms with van der Waals surface area (Å²) >= 11 is 3.32. The molecule has 0 fully saturated rings. The van der Waals surface area contributed by atoms with Crippen LogP contribution in [0.3, 0.4) is 0 Å². The first-order valence-corrected chi connectivity index (χ1v) is 7.22. The van der Waals surface area contributed by atoms with Crippen molar-refractivity contribution in [3.05, 3.63) is 64.0 Å². The van der Waals surface area contributed by atoms with Gasteiger partial charge in [-0.3, -0.25) is 4.98 Å². The van der Waals surface area contributed by atoms with Crippen LogP contribution in [-0.2, 0) is 9.53 Å². The van der Waals surface area contributed by atoms with Gasteiger partial charge in [0.15, 0.2) is 5.70 Å². The Kier molecular flexibility index (Phi) is 4.02. The maximum Gasteiger partial charge on any atom is 0.363 e.